The Morgan fingerprint density at radius 3 is 2.05 bits per heavy atom. The summed E-state index contributed by atoms with van der Waals surface area (Å²) in [5.41, 5.74) is 0. The first kappa shape index (κ1) is 19.6. The Morgan fingerprint density at radius 2 is 1.55 bits per heavy atom. The summed E-state index contributed by atoms with van der Waals surface area (Å²) in [5, 5.41) is 8.73. The maximum Gasteiger partial charge on any atom is 0.305 e. The minimum absolute atomic E-state index is 0.0976. The molecule has 0 atom stereocenters. The van der Waals surface area contributed by atoms with Crippen LogP contribution in [-0.2, 0) is 14.0 Å². The van der Waals surface area contributed by atoms with Crippen LogP contribution in [0.3, 0.4) is 0 Å². The second-order valence-corrected chi connectivity index (χ2v) is 11.6. The molecule has 20 heavy (non-hydrogen) atoms. The predicted molar refractivity (Wildman–Crippen MR) is 84.7 cm³/mol. The molecule has 0 heterocycles. The van der Waals surface area contributed by atoms with E-state index >= 15 is 0 Å². The molecule has 0 fully saturated rings. The van der Waals surface area contributed by atoms with E-state index in [0.717, 1.165) is 32.3 Å². The Labute approximate surface area is 125 Å². The van der Waals surface area contributed by atoms with Crippen LogP contribution < -0.4 is 0 Å². The van der Waals surface area contributed by atoms with Gasteiger partial charge in [0.05, 0.1) is 13.0 Å². The zero-order valence-corrected chi connectivity index (χ0v) is 14.8. The standard InChI is InChI=1S/C15H32O4Si/c1-15(2,3)20(4,5)19-12-9-7-6-8-11-18-13-10-14(16)17/h6-13H2,1-5H3,(H,16,17). The summed E-state index contributed by atoms with van der Waals surface area (Å²) in [7, 11) is -1.58. The fraction of sp³-hybridized carbons (Fsp3) is 0.933. The van der Waals surface area contributed by atoms with Gasteiger partial charge in [-0.3, -0.25) is 4.79 Å². The molecule has 0 unspecified atom stereocenters. The zero-order chi connectivity index (χ0) is 15.6. The first-order valence-corrected chi connectivity index (χ1v) is 10.5. The van der Waals surface area contributed by atoms with E-state index in [1.165, 1.54) is 0 Å². The minimum Gasteiger partial charge on any atom is -0.481 e. The van der Waals surface area contributed by atoms with Crippen LogP contribution in [-0.4, -0.2) is 39.2 Å². The van der Waals surface area contributed by atoms with Gasteiger partial charge >= 0.3 is 5.97 Å². The molecule has 5 heteroatoms. The van der Waals surface area contributed by atoms with Gasteiger partial charge < -0.3 is 14.3 Å². The van der Waals surface area contributed by atoms with Gasteiger partial charge in [0.25, 0.3) is 0 Å². The fourth-order valence-electron chi connectivity index (χ4n) is 1.47. The lowest BCUT2D eigenvalue weighted by Gasteiger charge is -2.36. The predicted octanol–water partition coefficient (Wildman–Crippen LogP) is 4.06. The van der Waals surface area contributed by atoms with E-state index in [2.05, 4.69) is 33.9 Å². The van der Waals surface area contributed by atoms with Crippen molar-refractivity contribution in [2.45, 2.75) is 71.0 Å². The van der Waals surface area contributed by atoms with Gasteiger partial charge in [-0.15, -0.1) is 0 Å². The molecular formula is C15H32O4Si. The molecule has 0 aliphatic rings. The number of hydrogen-bond acceptors (Lipinski definition) is 3. The van der Waals surface area contributed by atoms with Crippen LogP contribution in [0, 0.1) is 0 Å². The molecule has 120 valence electrons. The highest BCUT2D eigenvalue weighted by Crippen LogP contribution is 2.36. The maximum atomic E-state index is 10.3. The van der Waals surface area contributed by atoms with Crippen LogP contribution in [0.2, 0.25) is 18.1 Å². The quantitative estimate of drug-likeness (QED) is 0.462. The van der Waals surface area contributed by atoms with Gasteiger partial charge in [-0.1, -0.05) is 33.6 Å². The Morgan fingerprint density at radius 1 is 1.00 bits per heavy atom. The number of aliphatic carboxylic acids is 1. The Bertz CT molecular complexity index is 272. The van der Waals surface area contributed by atoms with Crippen LogP contribution in [0.5, 0.6) is 0 Å². The van der Waals surface area contributed by atoms with Crippen molar-refractivity contribution in [3.8, 4) is 0 Å². The lowest BCUT2D eigenvalue weighted by atomic mass is 10.2. The topological polar surface area (TPSA) is 55.8 Å². The van der Waals surface area contributed by atoms with Crippen LogP contribution in [0.1, 0.15) is 52.9 Å². The lowest BCUT2D eigenvalue weighted by Crippen LogP contribution is -2.40. The van der Waals surface area contributed by atoms with Crippen molar-refractivity contribution in [2.24, 2.45) is 0 Å². The molecular weight excluding hydrogens is 272 g/mol. The van der Waals surface area contributed by atoms with Crippen LogP contribution in [0.25, 0.3) is 0 Å². The summed E-state index contributed by atoms with van der Waals surface area (Å²) in [4.78, 5) is 10.3. The van der Waals surface area contributed by atoms with E-state index in [4.69, 9.17) is 14.3 Å². The first-order valence-electron chi connectivity index (χ1n) is 7.60. The van der Waals surface area contributed by atoms with Gasteiger partial charge in [-0.2, -0.15) is 0 Å². The van der Waals surface area contributed by atoms with Crippen molar-refractivity contribution in [1.29, 1.82) is 0 Å². The van der Waals surface area contributed by atoms with Gasteiger partial charge in [0.15, 0.2) is 8.32 Å². The first-order chi connectivity index (χ1) is 9.17. The Balaban J connectivity index is 3.39. The number of carboxylic acids is 1. The third-order valence-electron chi connectivity index (χ3n) is 3.91. The van der Waals surface area contributed by atoms with E-state index in [0.29, 0.717) is 13.2 Å². The summed E-state index contributed by atoms with van der Waals surface area (Å²) in [5.74, 6) is -0.798. The van der Waals surface area contributed by atoms with Gasteiger partial charge in [-0.25, -0.2) is 0 Å². The van der Waals surface area contributed by atoms with E-state index in [9.17, 15) is 4.79 Å². The highest BCUT2D eigenvalue weighted by molar-refractivity contribution is 6.74. The Hall–Kier alpha value is -0.393. The zero-order valence-electron chi connectivity index (χ0n) is 13.8. The van der Waals surface area contributed by atoms with Crippen molar-refractivity contribution in [3.63, 3.8) is 0 Å². The lowest BCUT2D eigenvalue weighted by molar-refractivity contribution is -0.138. The average Bonchev–Trinajstić information content (AvgIpc) is 2.29. The molecule has 0 bridgehead atoms. The highest BCUT2D eigenvalue weighted by atomic mass is 28.4. The second kappa shape index (κ2) is 9.53. The Kier molecular flexibility index (Phi) is 9.34. The monoisotopic (exact) mass is 304 g/mol. The smallest absolute Gasteiger partial charge is 0.305 e. The molecule has 0 amide bonds. The molecule has 1 N–H and O–H groups in total. The van der Waals surface area contributed by atoms with Crippen molar-refractivity contribution in [2.75, 3.05) is 19.8 Å². The summed E-state index contributed by atoms with van der Waals surface area (Å²) < 4.78 is 11.4. The largest absolute Gasteiger partial charge is 0.481 e. The van der Waals surface area contributed by atoms with E-state index in [1.54, 1.807) is 0 Å². The minimum atomic E-state index is -1.58. The number of carboxylic acid groups (broad SMARTS) is 1. The summed E-state index contributed by atoms with van der Waals surface area (Å²) >= 11 is 0. The second-order valence-electron chi connectivity index (χ2n) is 6.78. The molecule has 0 radical (unpaired) electrons. The number of carbonyl (C=O) groups is 1. The normalized spacial score (nSPS) is 12.7. The number of hydrogen-bond donors (Lipinski definition) is 1. The van der Waals surface area contributed by atoms with Gasteiger partial charge in [0.2, 0.25) is 0 Å². The third kappa shape index (κ3) is 9.50. The number of rotatable bonds is 11. The number of unbranched alkanes of at least 4 members (excludes halogenated alkanes) is 3. The summed E-state index contributed by atoms with van der Waals surface area (Å²) in [6, 6.07) is 0. The van der Waals surface area contributed by atoms with Gasteiger partial charge in [-0.05, 0) is 31.0 Å². The van der Waals surface area contributed by atoms with Crippen molar-refractivity contribution in [3.05, 3.63) is 0 Å². The molecule has 4 nitrogen and oxygen atoms in total. The number of ether oxygens (including phenoxy) is 1. The van der Waals surface area contributed by atoms with E-state index in [1.807, 2.05) is 0 Å². The molecule has 0 saturated heterocycles. The molecule has 0 aliphatic heterocycles. The van der Waals surface area contributed by atoms with Crippen molar-refractivity contribution >= 4 is 14.3 Å². The van der Waals surface area contributed by atoms with Crippen LogP contribution in [0.4, 0.5) is 0 Å². The summed E-state index contributed by atoms with van der Waals surface area (Å²) in [6.07, 6.45) is 4.46. The van der Waals surface area contributed by atoms with Gasteiger partial charge in [0.1, 0.15) is 0 Å². The summed E-state index contributed by atoms with van der Waals surface area (Å²) in [6.45, 7) is 13.2. The van der Waals surface area contributed by atoms with E-state index < -0.39 is 14.3 Å². The van der Waals surface area contributed by atoms with Gasteiger partial charge in [0, 0.05) is 13.2 Å². The molecule has 0 aromatic carbocycles. The molecule has 0 spiro atoms. The maximum absolute atomic E-state index is 10.3. The van der Waals surface area contributed by atoms with Crippen LogP contribution >= 0.6 is 0 Å². The molecule has 0 saturated carbocycles. The molecule has 0 aliphatic carbocycles. The molecule has 0 aromatic rings. The molecule has 0 aromatic heterocycles. The molecule has 0 rings (SSSR count). The van der Waals surface area contributed by atoms with Crippen molar-refractivity contribution < 1.29 is 19.1 Å². The average molecular weight is 305 g/mol. The van der Waals surface area contributed by atoms with Crippen LogP contribution in [0.15, 0.2) is 0 Å². The third-order valence-corrected chi connectivity index (χ3v) is 8.45. The SMILES string of the molecule is CC(C)(C)[Si](C)(C)OCCCCCCOCCC(=O)O. The van der Waals surface area contributed by atoms with Crippen molar-refractivity contribution in [1.82, 2.24) is 0 Å². The highest BCUT2D eigenvalue weighted by Gasteiger charge is 2.36. The van der Waals surface area contributed by atoms with E-state index in [-0.39, 0.29) is 11.5 Å². The fourth-order valence-corrected chi connectivity index (χ4v) is 2.55.